The van der Waals surface area contributed by atoms with Crippen LogP contribution in [0.4, 0.5) is 4.79 Å². The fourth-order valence-electron chi connectivity index (χ4n) is 2.60. The molecule has 5 nitrogen and oxygen atoms in total. The number of aryl methyl sites for hydroxylation is 1. The number of amides is 1. The van der Waals surface area contributed by atoms with E-state index < -0.39 is 23.9 Å². The first-order valence-electron chi connectivity index (χ1n) is 8.00. The van der Waals surface area contributed by atoms with Gasteiger partial charge in [0.05, 0.1) is 0 Å². The molecule has 0 aliphatic rings. The van der Waals surface area contributed by atoms with Crippen molar-refractivity contribution >= 4 is 16.9 Å². The van der Waals surface area contributed by atoms with Crippen molar-refractivity contribution in [2.75, 3.05) is 6.54 Å². The molecule has 0 saturated carbocycles. The summed E-state index contributed by atoms with van der Waals surface area (Å²) in [6, 6.07) is 11.6. The Labute approximate surface area is 142 Å². The summed E-state index contributed by atoms with van der Waals surface area (Å²) in [7, 11) is 0. The van der Waals surface area contributed by atoms with E-state index in [0.29, 0.717) is 5.56 Å². The summed E-state index contributed by atoms with van der Waals surface area (Å²) in [6.45, 7) is 7.07. The number of carbonyl (C=O) groups is 1. The molecule has 2 unspecified atom stereocenters. The maximum Gasteiger partial charge on any atom is 0.407 e. The van der Waals surface area contributed by atoms with Gasteiger partial charge in [-0.05, 0) is 49.6 Å². The highest BCUT2D eigenvalue weighted by Crippen LogP contribution is 2.29. The second kappa shape index (κ2) is 7.20. The van der Waals surface area contributed by atoms with Gasteiger partial charge in [-0.1, -0.05) is 36.4 Å². The standard InChI is InChI=1S/C19H25NO4/c1-12-9-10-13-7-5-6-8-14(13)16(12)17(22)15(21)11-20-18(23)24-19(2,3)4/h5-10,15,17,21-22H,11H2,1-4H3,(H,20,23). The first kappa shape index (κ1) is 18.2. The minimum atomic E-state index is -1.14. The Hall–Kier alpha value is -2.11. The molecule has 0 spiro atoms. The third kappa shape index (κ3) is 4.46. The van der Waals surface area contributed by atoms with Crippen molar-refractivity contribution in [1.82, 2.24) is 5.32 Å². The highest BCUT2D eigenvalue weighted by atomic mass is 16.6. The first-order valence-corrected chi connectivity index (χ1v) is 8.00. The van der Waals surface area contributed by atoms with E-state index >= 15 is 0 Å². The zero-order chi connectivity index (χ0) is 17.9. The van der Waals surface area contributed by atoms with Crippen LogP contribution in [0.2, 0.25) is 0 Å². The predicted molar refractivity (Wildman–Crippen MR) is 93.9 cm³/mol. The van der Waals surface area contributed by atoms with Gasteiger partial charge in [-0.3, -0.25) is 0 Å². The number of rotatable bonds is 4. The molecule has 0 aliphatic heterocycles. The Morgan fingerprint density at radius 3 is 2.50 bits per heavy atom. The topological polar surface area (TPSA) is 78.8 Å². The number of alkyl carbamates (subject to hydrolysis) is 1. The molecule has 5 heteroatoms. The Kier molecular flexibility index (Phi) is 5.47. The Balaban J connectivity index is 2.13. The van der Waals surface area contributed by atoms with Gasteiger partial charge in [0.2, 0.25) is 0 Å². The number of hydrogen-bond donors (Lipinski definition) is 3. The molecule has 130 valence electrons. The average molecular weight is 331 g/mol. The lowest BCUT2D eigenvalue weighted by atomic mass is 9.93. The SMILES string of the molecule is Cc1ccc2ccccc2c1C(O)C(O)CNC(=O)OC(C)(C)C. The van der Waals surface area contributed by atoms with E-state index in [0.717, 1.165) is 16.3 Å². The first-order chi connectivity index (χ1) is 11.2. The van der Waals surface area contributed by atoms with Crippen LogP contribution in [0, 0.1) is 6.92 Å². The number of ether oxygens (including phenoxy) is 1. The Morgan fingerprint density at radius 1 is 1.17 bits per heavy atom. The summed E-state index contributed by atoms with van der Waals surface area (Å²) >= 11 is 0. The summed E-state index contributed by atoms with van der Waals surface area (Å²) < 4.78 is 5.12. The predicted octanol–water partition coefficient (Wildman–Crippen LogP) is 3.07. The van der Waals surface area contributed by atoms with Crippen LogP contribution in [0.25, 0.3) is 10.8 Å². The van der Waals surface area contributed by atoms with E-state index in [2.05, 4.69) is 5.32 Å². The monoisotopic (exact) mass is 331 g/mol. The minimum Gasteiger partial charge on any atom is -0.444 e. The molecule has 24 heavy (non-hydrogen) atoms. The summed E-state index contributed by atoms with van der Waals surface area (Å²) in [5, 5.41) is 25.2. The molecule has 3 N–H and O–H groups in total. The molecule has 0 aromatic heterocycles. The van der Waals surface area contributed by atoms with Gasteiger partial charge in [-0.2, -0.15) is 0 Å². The number of fused-ring (bicyclic) bond motifs is 1. The van der Waals surface area contributed by atoms with E-state index in [1.54, 1.807) is 20.8 Å². The van der Waals surface area contributed by atoms with Gasteiger partial charge < -0.3 is 20.3 Å². The van der Waals surface area contributed by atoms with E-state index in [9.17, 15) is 15.0 Å². The summed E-state index contributed by atoms with van der Waals surface area (Å²) in [4.78, 5) is 11.7. The van der Waals surface area contributed by atoms with Gasteiger partial charge in [-0.25, -0.2) is 4.79 Å². The van der Waals surface area contributed by atoms with Crippen molar-refractivity contribution < 1.29 is 19.7 Å². The molecular formula is C19H25NO4. The van der Waals surface area contributed by atoms with Crippen molar-refractivity contribution in [2.45, 2.75) is 45.5 Å². The molecule has 0 saturated heterocycles. The molecule has 0 bridgehead atoms. The number of hydrogen-bond acceptors (Lipinski definition) is 4. The lowest BCUT2D eigenvalue weighted by Gasteiger charge is -2.23. The molecule has 2 rings (SSSR count). The zero-order valence-corrected chi connectivity index (χ0v) is 14.5. The van der Waals surface area contributed by atoms with Crippen LogP contribution in [-0.2, 0) is 4.74 Å². The van der Waals surface area contributed by atoms with Gasteiger partial charge in [0.15, 0.2) is 0 Å². The number of benzene rings is 2. The summed E-state index contributed by atoms with van der Waals surface area (Å²) in [5.74, 6) is 0. The largest absolute Gasteiger partial charge is 0.444 e. The fourth-order valence-corrected chi connectivity index (χ4v) is 2.60. The number of carbonyl (C=O) groups excluding carboxylic acids is 1. The van der Waals surface area contributed by atoms with Gasteiger partial charge in [0.1, 0.15) is 17.8 Å². The highest BCUT2D eigenvalue weighted by Gasteiger charge is 2.24. The fraction of sp³-hybridized carbons (Fsp3) is 0.421. The van der Waals surface area contributed by atoms with Crippen LogP contribution in [0.15, 0.2) is 36.4 Å². The van der Waals surface area contributed by atoms with Crippen molar-refractivity contribution in [3.8, 4) is 0 Å². The molecule has 2 aromatic rings. The van der Waals surface area contributed by atoms with Crippen LogP contribution >= 0.6 is 0 Å². The van der Waals surface area contributed by atoms with Crippen LogP contribution in [0.3, 0.4) is 0 Å². The Bertz CT molecular complexity index is 721. The van der Waals surface area contributed by atoms with E-state index in [1.165, 1.54) is 0 Å². The van der Waals surface area contributed by atoms with E-state index in [1.807, 2.05) is 43.3 Å². The van der Waals surface area contributed by atoms with E-state index in [-0.39, 0.29) is 6.54 Å². The highest BCUT2D eigenvalue weighted by molar-refractivity contribution is 5.87. The van der Waals surface area contributed by atoms with Crippen LogP contribution in [0.5, 0.6) is 0 Å². The van der Waals surface area contributed by atoms with Gasteiger partial charge in [0, 0.05) is 6.54 Å². The molecular weight excluding hydrogens is 306 g/mol. The maximum atomic E-state index is 11.7. The van der Waals surface area contributed by atoms with Crippen LogP contribution in [0.1, 0.15) is 38.0 Å². The number of aliphatic hydroxyl groups excluding tert-OH is 2. The van der Waals surface area contributed by atoms with Crippen LogP contribution in [-0.4, -0.2) is 34.6 Å². The summed E-state index contributed by atoms with van der Waals surface area (Å²) in [6.07, 6.45) is -2.86. The van der Waals surface area contributed by atoms with Crippen molar-refractivity contribution in [1.29, 1.82) is 0 Å². The number of nitrogens with one attached hydrogen (secondary N) is 1. The van der Waals surface area contributed by atoms with E-state index in [4.69, 9.17) is 4.74 Å². The third-order valence-corrected chi connectivity index (χ3v) is 3.70. The average Bonchev–Trinajstić information content (AvgIpc) is 2.50. The quantitative estimate of drug-likeness (QED) is 0.804. The van der Waals surface area contributed by atoms with Gasteiger partial charge >= 0.3 is 6.09 Å². The second-order valence-corrected chi connectivity index (χ2v) is 6.91. The smallest absolute Gasteiger partial charge is 0.407 e. The lowest BCUT2D eigenvalue weighted by molar-refractivity contribution is 0.0133. The zero-order valence-electron chi connectivity index (χ0n) is 14.5. The van der Waals surface area contributed by atoms with Crippen molar-refractivity contribution in [3.05, 3.63) is 47.5 Å². The summed E-state index contributed by atoms with van der Waals surface area (Å²) in [5.41, 5.74) is 0.948. The molecule has 2 aromatic carbocycles. The molecule has 0 radical (unpaired) electrons. The molecule has 2 atom stereocenters. The molecule has 0 heterocycles. The Morgan fingerprint density at radius 2 is 1.83 bits per heavy atom. The van der Waals surface area contributed by atoms with Crippen molar-refractivity contribution in [2.24, 2.45) is 0 Å². The molecule has 1 amide bonds. The maximum absolute atomic E-state index is 11.7. The minimum absolute atomic E-state index is 0.0985. The number of aliphatic hydroxyl groups is 2. The molecule has 0 fully saturated rings. The lowest BCUT2D eigenvalue weighted by Crippen LogP contribution is -2.39. The van der Waals surface area contributed by atoms with Gasteiger partial charge in [-0.15, -0.1) is 0 Å². The normalized spacial score (nSPS) is 14.2. The molecule has 0 aliphatic carbocycles. The third-order valence-electron chi connectivity index (χ3n) is 3.70. The van der Waals surface area contributed by atoms with Gasteiger partial charge in [0.25, 0.3) is 0 Å². The van der Waals surface area contributed by atoms with Crippen molar-refractivity contribution in [3.63, 3.8) is 0 Å². The second-order valence-electron chi connectivity index (χ2n) is 6.91. The van der Waals surface area contributed by atoms with Crippen LogP contribution < -0.4 is 5.32 Å².